The zero-order chi connectivity index (χ0) is 21.2. The van der Waals surface area contributed by atoms with E-state index in [1.165, 1.54) is 6.42 Å². The molecule has 0 aromatic heterocycles. The molecule has 0 spiro atoms. The summed E-state index contributed by atoms with van der Waals surface area (Å²) in [6.45, 7) is 11.7. The van der Waals surface area contributed by atoms with Gasteiger partial charge in [0.1, 0.15) is 5.75 Å². The molecule has 0 amide bonds. The van der Waals surface area contributed by atoms with E-state index in [-0.39, 0.29) is 5.54 Å². The van der Waals surface area contributed by atoms with E-state index >= 15 is 0 Å². The first-order chi connectivity index (χ1) is 14.6. The molecule has 30 heavy (non-hydrogen) atoms. The zero-order valence-electron chi connectivity index (χ0n) is 18.3. The van der Waals surface area contributed by atoms with E-state index in [1.807, 2.05) is 30.3 Å². The smallest absolute Gasteiger partial charge is 0.171 e. The van der Waals surface area contributed by atoms with Gasteiger partial charge in [-0.05, 0) is 68.8 Å². The van der Waals surface area contributed by atoms with Crippen LogP contribution in [0.3, 0.4) is 0 Å². The van der Waals surface area contributed by atoms with Gasteiger partial charge >= 0.3 is 0 Å². The van der Waals surface area contributed by atoms with Crippen molar-refractivity contribution in [2.45, 2.75) is 51.0 Å². The lowest BCUT2D eigenvalue weighted by molar-refractivity contribution is 0.0358. The highest BCUT2D eigenvalue weighted by Gasteiger charge is 2.37. The largest absolute Gasteiger partial charge is 0.493 e. The number of morpholine rings is 1. The summed E-state index contributed by atoms with van der Waals surface area (Å²) in [5.41, 5.74) is 1.07. The highest BCUT2D eigenvalue weighted by atomic mass is 32.1. The topological polar surface area (TPSA) is 45.8 Å². The summed E-state index contributed by atoms with van der Waals surface area (Å²) in [4.78, 5) is 2.43. The lowest BCUT2D eigenvalue weighted by Gasteiger charge is -2.31. The first kappa shape index (κ1) is 23.0. The fraction of sp³-hybridized carbons (Fsp3) is 0.625. The van der Waals surface area contributed by atoms with Crippen LogP contribution in [0.1, 0.15) is 45.4 Å². The zero-order valence-corrected chi connectivity index (χ0v) is 19.1. The van der Waals surface area contributed by atoms with Crippen LogP contribution in [0.4, 0.5) is 5.69 Å². The van der Waals surface area contributed by atoms with E-state index in [0.29, 0.717) is 17.6 Å². The number of hydrogen-bond acceptors (Lipinski definition) is 4. The van der Waals surface area contributed by atoms with E-state index < -0.39 is 0 Å². The summed E-state index contributed by atoms with van der Waals surface area (Å²) in [5.74, 6) is 1.59. The van der Waals surface area contributed by atoms with Gasteiger partial charge in [-0.2, -0.15) is 0 Å². The molecular weight excluding hydrogens is 394 g/mol. The molecule has 1 heterocycles. The Labute approximate surface area is 187 Å². The van der Waals surface area contributed by atoms with Gasteiger partial charge in [0.05, 0.1) is 19.8 Å². The van der Waals surface area contributed by atoms with Crippen molar-refractivity contribution >= 4 is 23.0 Å². The average molecular weight is 432 g/mol. The van der Waals surface area contributed by atoms with Crippen LogP contribution >= 0.6 is 12.2 Å². The molecule has 1 aliphatic carbocycles. The number of hydrogen-bond donors (Lipinski definition) is 2. The molecule has 3 rings (SSSR count). The molecule has 6 heteroatoms. The lowest BCUT2D eigenvalue weighted by Crippen LogP contribution is -2.47. The van der Waals surface area contributed by atoms with Gasteiger partial charge < -0.3 is 20.1 Å². The number of allylic oxidation sites excluding steroid dienone is 1. The second-order valence-corrected chi connectivity index (χ2v) is 8.94. The first-order valence-corrected chi connectivity index (χ1v) is 11.8. The maximum absolute atomic E-state index is 5.96. The van der Waals surface area contributed by atoms with Crippen molar-refractivity contribution in [1.82, 2.24) is 10.2 Å². The summed E-state index contributed by atoms with van der Waals surface area (Å²) in [5, 5.41) is 7.67. The third kappa shape index (κ3) is 6.96. The monoisotopic (exact) mass is 431 g/mol. The molecule has 2 aliphatic rings. The van der Waals surface area contributed by atoms with Crippen molar-refractivity contribution < 1.29 is 9.47 Å². The van der Waals surface area contributed by atoms with Gasteiger partial charge in [0.2, 0.25) is 0 Å². The van der Waals surface area contributed by atoms with Crippen molar-refractivity contribution in [2.75, 3.05) is 44.8 Å². The van der Waals surface area contributed by atoms with Crippen LogP contribution in [0.2, 0.25) is 0 Å². The van der Waals surface area contributed by atoms with Crippen molar-refractivity contribution in [3.05, 3.63) is 36.9 Å². The summed E-state index contributed by atoms with van der Waals surface area (Å²) < 4.78 is 11.4. The minimum atomic E-state index is 0.103. The Bertz CT molecular complexity index is 693. The van der Waals surface area contributed by atoms with E-state index in [2.05, 4.69) is 29.0 Å². The number of benzene rings is 1. The standard InChI is InChI=1S/C24H37N3O2S/c1-3-7-20-10-11-24(4-2,19-20)26-23(30)25-21-8-5-9-22(18-21)29-15-6-12-27-13-16-28-17-14-27/h3,5,8-9,18,20H,1,4,6-7,10-17,19H2,2H3,(H2,25,26,30). The predicted octanol–water partition coefficient (Wildman–Crippen LogP) is 4.60. The fourth-order valence-electron chi connectivity index (χ4n) is 4.57. The van der Waals surface area contributed by atoms with Gasteiger partial charge in [0, 0.05) is 36.9 Å². The Morgan fingerprint density at radius 2 is 2.23 bits per heavy atom. The lowest BCUT2D eigenvalue weighted by atomic mass is 9.92. The SMILES string of the molecule is C=CCC1CCC(CC)(NC(=S)Nc2cccc(OCCCN3CCOCC3)c2)C1. The van der Waals surface area contributed by atoms with Crippen LogP contribution in [0.15, 0.2) is 36.9 Å². The molecule has 1 saturated carbocycles. The number of anilines is 1. The number of rotatable bonds is 10. The van der Waals surface area contributed by atoms with Crippen LogP contribution in [-0.2, 0) is 4.74 Å². The number of nitrogens with one attached hydrogen (secondary N) is 2. The van der Waals surface area contributed by atoms with Crippen LogP contribution in [-0.4, -0.2) is 55.0 Å². The third-order valence-corrected chi connectivity index (χ3v) is 6.55. The van der Waals surface area contributed by atoms with Crippen molar-refractivity contribution in [2.24, 2.45) is 5.92 Å². The quantitative estimate of drug-likeness (QED) is 0.321. The van der Waals surface area contributed by atoms with Crippen LogP contribution in [0.25, 0.3) is 0 Å². The average Bonchev–Trinajstić information content (AvgIpc) is 3.15. The Morgan fingerprint density at radius 1 is 1.40 bits per heavy atom. The molecule has 2 fully saturated rings. The van der Waals surface area contributed by atoms with Gasteiger partial charge in [0.15, 0.2) is 5.11 Å². The Balaban J connectivity index is 1.43. The molecule has 2 unspecified atom stereocenters. The summed E-state index contributed by atoms with van der Waals surface area (Å²) in [7, 11) is 0. The van der Waals surface area contributed by atoms with Gasteiger partial charge in [-0.25, -0.2) is 0 Å². The predicted molar refractivity (Wildman–Crippen MR) is 128 cm³/mol. The van der Waals surface area contributed by atoms with Crippen LogP contribution in [0.5, 0.6) is 5.75 Å². The van der Waals surface area contributed by atoms with E-state index in [9.17, 15) is 0 Å². The highest BCUT2D eigenvalue weighted by Crippen LogP contribution is 2.38. The van der Waals surface area contributed by atoms with Gasteiger partial charge in [0.25, 0.3) is 0 Å². The minimum absolute atomic E-state index is 0.103. The van der Waals surface area contributed by atoms with Crippen LogP contribution in [0, 0.1) is 5.92 Å². The fourth-order valence-corrected chi connectivity index (χ4v) is 4.90. The molecule has 1 aliphatic heterocycles. The maximum Gasteiger partial charge on any atom is 0.171 e. The minimum Gasteiger partial charge on any atom is -0.493 e. The summed E-state index contributed by atoms with van der Waals surface area (Å²) >= 11 is 5.64. The van der Waals surface area contributed by atoms with Gasteiger partial charge in [-0.3, -0.25) is 4.90 Å². The molecular formula is C24H37N3O2S. The van der Waals surface area contributed by atoms with Gasteiger partial charge in [-0.1, -0.05) is 19.1 Å². The number of ether oxygens (including phenoxy) is 2. The van der Waals surface area contributed by atoms with Crippen LogP contribution < -0.4 is 15.4 Å². The van der Waals surface area contributed by atoms with E-state index in [1.54, 1.807) is 0 Å². The molecule has 2 N–H and O–H groups in total. The summed E-state index contributed by atoms with van der Waals surface area (Å²) in [6.07, 6.45) is 8.79. The molecule has 1 saturated heterocycles. The molecule has 5 nitrogen and oxygen atoms in total. The van der Waals surface area contributed by atoms with Crippen molar-refractivity contribution in [3.63, 3.8) is 0 Å². The first-order valence-electron chi connectivity index (χ1n) is 11.4. The molecule has 166 valence electrons. The normalized spacial score (nSPS) is 24.4. The Morgan fingerprint density at radius 3 is 3.00 bits per heavy atom. The summed E-state index contributed by atoms with van der Waals surface area (Å²) in [6, 6.07) is 8.06. The second-order valence-electron chi connectivity index (χ2n) is 8.53. The van der Waals surface area contributed by atoms with E-state index in [4.69, 9.17) is 21.7 Å². The number of thiocarbonyl (C=S) groups is 1. The molecule has 1 aromatic rings. The van der Waals surface area contributed by atoms with Crippen molar-refractivity contribution in [3.8, 4) is 5.75 Å². The molecule has 0 radical (unpaired) electrons. The Kier molecular flexibility index (Phi) is 8.97. The van der Waals surface area contributed by atoms with Gasteiger partial charge in [-0.15, -0.1) is 6.58 Å². The number of nitrogens with zero attached hydrogens (tertiary/aromatic N) is 1. The van der Waals surface area contributed by atoms with Crippen molar-refractivity contribution in [1.29, 1.82) is 0 Å². The molecule has 2 atom stereocenters. The highest BCUT2D eigenvalue weighted by molar-refractivity contribution is 7.80. The molecule has 0 bridgehead atoms. The molecule has 1 aromatic carbocycles. The maximum atomic E-state index is 5.96. The second kappa shape index (κ2) is 11.7. The third-order valence-electron chi connectivity index (χ3n) is 6.35. The van der Waals surface area contributed by atoms with E-state index in [0.717, 1.165) is 76.4 Å². The Hall–Kier alpha value is -1.63.